The molecular formula is C29H40O8. The maximum Gasteiger partial charge on any atom is 0.331 e. The molecule has 5 fully saturated rings. The second-order valence-corrected chi connectivity index (χ2v) is 13.1. The standard InChI is InChI=1S/C29H40O8/c1-26-14-22-21(36-25-29(32,37-22)23(33-3)8-11-34-25)13-17(26)4-5-20-19(26)6-9-27(2)18(7-10-28(20,27)31)16-12-24(30)35-15-16/h12-13,18-23,25,31-32H,4-11,14-15H2,1-3H3/t18-,19+,20+,21-,22+,23-,25+,26+,27-,28+,29+/m0/s1. The van der Waals surface area contributed by atoms with Crippen LogP contribution in [0.15, 0.2) is 23.3 Å². The van der Waals surface area contributed by atoms with Gasteiger partial charge in [0.15, 0.2) is 0 Å². The summed E-state index contributed by atoms with van der Waals surface area (Å²) in [6.45, 7) is 5.40. The molecule has 0 aromatic rings. The average molecular weight is 517 g/mol. The Labute approximate surface area is 218 Å². The van der Waals surface area contributed by atoms with E-state index in [4.69, 9.17) is 23.7 Å². The fourth-order valence-corrected chi connectivity index (χ4v) is 9.81. The van der Waals surface area contributed by atoms with Crippen LogP contribution in [0.3, 0.4) is 0 Å². The van der Waals surface area contributed by atoms with E-state index in [1.54, 1.807) is 13.2 Å². The van der Waals surface area contributed by atoms with Crippen LogP contribution in [-0.2, 0) is 28.5 Å². The molecule has 0 spiro atoms. The molecule has 0 bridgehead atoms. The van der Waals surface area contributed by atoms with Gasteiger partial charge < -0.3 is 33.9 Å². The molecule has 0 aromatic carbocycles. The summed E-state index contributed by atoms with van der Waals surface area (Å²) in [5.74, 6) is -1.20. The van der Waals surface area contributed by atoms with Crippen LogP contribution in [0.1, 0.15) is 65.2 Å². The van der Waals surface area contributed by atoms with E-state index in [2.05, 4.69) is 19.9 Å². The number of fused-ring (bicyclic) bond motifs is 7. The van der Waals surface area contributed by atoms with Gasteiger partial charge in [0.2, 0.25) is 12.1 Å². The number of methoxy groups -OCH3 is 1. The molecule has 8 heteroatoms. The molecule has 0 unspecified atom stereocenters. The number of rotatable bonds is 2. The predicted octanol–water partition coefficient (Wildman–Crippen LogP) is 3.01. The highest BCUT2D eigenvalue weighted by molar-refractivity contribution is 5.85. The summed E-state index contributed by atoms with van der Waals surface area (Å²) >= 11 is 0. The number of allylic oxidation sites excluding steroid dienone is 1. The van der Waals surface area contributed by atoms with Crippen LogP contribution >= 0.6 is 0 Å². The van der Waals surface area contributed by atoms with Gasteiger partial charge in [0.25, 0.3) is 0 Å². The number of hydrogen-bond acceptors (Lipinski definition) is 8. The van der Waals surface area contributed by atoms with E-state index >= 15 is 0 Å². The van der Waals surface area contributed by atoms with Gasteiger partial charge in [-0.05, 0) is 73.7 Å². The lowest BCUT2D eigenvalue weighted by atomic mass is 9.45. The second kappa shape index (κ2) is 8.12. The van der Waals surface area contributed by atoms with Crippen molar-refractivity contribution in [3.05, 3.63) is 23.3 Å². The van der Waals surface area contributed by atoms with Gasteiger partial charge >= 0.3 is 5.97 Å². The number of hydrogen-bond donors (Lipinski definition) is 2. The molecule has 2 N–H and O–H groups in total. The molecule has 7 aliphatic rings. The Morgan fingerprint density at radius 2 is 1.92 bits per heavy atom. The molecule has 8 nitrogen and oxygen atoms in total. The number of carbonyl (C=O) groups is 1. The molecule has 37 heavy (non-hydrogen) atoms. The fraction of sp³-hybridized carbons (Fsp3) is 0.828. The van der Waals surface area contributed by atoms with Gasteiger partial charge in [0.1, 0.15) is 18.8 Å². The van der Waals surface area contributed by atoms with Crippen molar-refractivity contribution in [3.8, 4) is 0 Å². The van der Waals surface area contributed by atoms with E-state index in [0.29, 0.717) is 25.6 Å². The van der Waals surface area contributed by atoms with Gasteiger partial charge in [-0.2, -0.15) is 0 Å². The van der Waals surface area contributed by atoms with Crippen molar-refractivity contribution >= 4 is 5.97 Å². The summed E-state index contributed by atoms with van der Waals surface area (Å²) in [7, 11) is 1.59. The van der Waals surface area contributed by atoms with Crippen LogP contribution in [0.2, 0.25) is 0 Å². The minimum Gasteiger partial charge on any atom is -0.458 e. The first-order valence-electron chi connectivity index (χ1n) is 14.1. The monoisotopic (exact) mass is 516 g/mol. The van der Waals surface area contributed by atoms with E-state index in [0.717, 1.165) is 50.5 Å². The Morgan fingerprint density at radius 3 is 2.68 bits per heavy atom. The van der Waals surface area contributed by atoms with Crippen molar-refractivity contribution in [1.82, 2.24) is 0 Å². The Bertz CT molecular complexity index is 1050. The first-order valence-corrected chi connectivity index (χ1v) is 14.1. The van der Waals surface area contributed by atoms with Gasteiger partial charge in [0.05, 0.1) is 18.3 Å². The number of cyclic esters (lactones) is 1. The fourth-order valence-electron chi connectivity index (χ4n) is 9.81. The predicted molar refractivity (Wildman–Crippen MR) is 131 cm³/mol. The zero-order valence-electron chi connectivity index (χ0n) is 22.1. The molecule has 2 saturated heterocycles. The Morgan fingerprint density at radius 1 is 1.08 bits per heavy atom. The summed E-state index contributed by atoms with van der Waals surface area (Å²) in [5, 5.41) is 23.9. The zero-order chi connectivity index (χ0) is 25.8. The topological polar surface area (TPSA) is 104 Å². The van der Waals surface area contributed by atoms with Crippen molar-refractivity contribution in [2.45, 2.75) is 101 Å². The van der Waals surface area contributed by atoms with E-state index in [1.807, 2.05) is 0 Å². The highest BCUT2D eigenvalue weighted by Crippen LogP contribution is 2.69. The highest BCUT2D eigenvalue weighted by atomic mass is 16.8. The molecule has 4 aliphatic carbocycles. The Kier molecular flexibility index (Phi) is 5.42. The first kappa shape index (κ1) is 24.7. The summed E-state index contributed by atoms with van der Waals surface area (Å²) < 4.78 is 29.3. The van der Waals surface area contributed by atoms with E-state index in [1.165, 1.54) is 5.57 Å². The van der Waals surface area contributed by atoms with Gasteiger partial charge in [0, 0.05) is 25.0 Å². The normalized spacial score (nSPS) is 54.6. The van der Waals surface area contributed by atoms with Crippen LogP contribution in [0.5, 0.6) is 0 Å². The quantitative estimate of drug-likeness (QED) is 0.427. The van der Waals surface area contributed by atoms with Crippen LogP contribution in [0.4, 0.5) is 0 Å². The SMILES string of the molecule is CO[C@H]1CCO[C@@H]2O[C@H]3C=C4CC[C@@H]5[C@@H](CC[C@@]6(C)[C@H](C7=CC(=O)OC7)CC[C@@]56O)[C@]4(C)C[C@H]3O[C@@]21O. The summed E-state index contributed by atoms with van der Waals surface area (Å²) in [4.78, 5) is 11.8. The molecule has 3 heterocycles. The van der Waals surface area contributed by atoms with Crippen LogP contribution < -0.4 is 0 Å². The maximum atomic E-state index is 12.5. The number of aliphatic hydroxyl groups is 2. The van der Waals surface area contributed by atoms with Crippen molar-refractivity contribution < 1.29 is 38.7 Å². The molecule has 3 aliphatic heterocycles. The number of esters is 1. The lowest BCUT2D eigenvalue weighted by Gasteiger charge is -2.63. The number of carbonyl (C=O) groups excluding carboxylic acids is 1. The summed E-state index contributed by atoms with van der Waals surface area (Å²) in [6.07, 6.45) is 8.71. The first-order chi connectivity index (χ1) is 17.6. The van der Waals surface area contributed by atoms with Crippen molar-refractivity contribution in [2.75, 3.05) is 20.3 Å². The summed E-state index contributed by atoms with van der Waals surface area (Å²) in [6, 6.07) is 0. The summed E-state index contributed by atoms with van der Waals surface area (Å²) in [5.41, 5.74) is 1.27. The molecule has 0 radical (unpaired) electrons. The van der Waals surface area contributed by atoms with Crippen LogP contribution in [0.25, 0.3) is 0 Å². The van der Waals surface area contributed by atoms with Gasteiger partial charge in [-0.3, -0.25) is 0 Å². The second-order valence-electron chi connectivity index (χ2n) is 13.1. The smallest absolute Gasteiger partial charge is 0.331 e. The molecule has 0 aromatic heterocycles. The largest absolute Gasteiger partial charge is 0.458 e. The molecule has 0 amide bonds. The lowest BCUT2D eigenvalue weighted by Crippen LogP contribution is -2.68. The van der Waals surface area contributed by atoms with E-state index < -0.39 is 23.8 Å². The van der Waals surface area contributed by atoms with E-state index in [-0.39, 0.29) is 40.8 Å². The Balaban J connectivity index is 1.18. The highest BCUT2D eigenvalue weighted by Gasteiger charge is 2.68. The third kappa shape index (κ3) is 3.20. The van der Waals surface area contributed by atoms with E-state index in [9.17, 15) is 15.0 Å². The maximum absolute atomic E-state index is 12.5. The minimum atomic E-state index is -1.62. The number of ether oxygens (including phenoxy) is 5. The molecule has 11 atom stereocenters. The molecular weight excluding hydrogens is 476 g/mol. The van der Waals surface area contributed by atoms with Gasteiger partial charge in [-0.1, -0.05) is 25.5 Å². The lowest BCUT2D eigenvalue weighted by molar-refractivity contribution is -0.442. The average Bonchev–Trinajstić information content (AvgIpc) is 3.40. The third-order valence-electron chi connectivity index (χ3n) is 11.8. The van der Waals surface area contributed by atoms with Crippen molar-refractivity contribution in [3.63, 3.8) is 0 Å². The molecule has 7 rings (SSSR count). The molecule has 3 saturated carbocycles. The van der Waals surface area contributed by atoms with Crippen LogP contribution in [-0.4, -0.2) is 72.5 Å². The van der Waals surface area contributed by atoms with Crippen LogP contribution in [0, 0.1) is 28.6 Å². The minimum absolute atomic E-state index is 0.143. The van der Waals surface area contributed by atoms with Crippen molar-refractivity contribution in [1.29, 1.82) is 0 Å². The van der Waals surface area contributed by atoms with Gasteiger partial charge in [-0.25, -0.2) is 4.79 Å². The Hall–Kier alpha value is -1.29. The van der Waals surface area contributed by atoms with Crippen molar-refractivity contribution in [2.24, 2.45) is 28.6 Å². The zero-order valence-corrected chi connectivity index (χ0v) is 22.1. The van der Waals surface area contributed by atoms with Gasteiger partial charge in [-0.15, -0.1) is 0 Å². The molecule has 204 valence electrons. The third-order valence-corrected chi connectivity index (χ3v) is 11.8.